The third-order valence-corrected chi connectivity index (χ3v) is 6.07. The summed E-state index contributed by atoms with van der Waals surface area (Å²) in [6.07, 6.45) is 1.59. The molecule has 0 aliphatic carbocycles. The molecule has 5 heteroatoms. The zero-order valence-corrected chi connectivity index (χ0v) is 15.2. The molecule has 0 unspecified atom stereocenters. The molecule has 4 aromatic rings. The molecule has 0 amide bonds. The molecule has 0 N–H and O–H groups in total. The SMILES string of the molecule is Cc1sc2ncnc(SCc3ccccc3F)c2c1-c1ccccc1. The standard InChI is InChI=1S/C20H15FN2S2/c1-13-17(14-7-3-2-4-8-14)18-19(22-12-23-20(18)25-13)24-11-15-9-5-6-10-16(15)21/h2-10,12H,11H2,1H3. The smallest absolute Gasteiger partial charge is 0.128 e. The number of nitrogens with zero attached hydrogens (tertiary/aromatic N) is 2. The molecule has 0 saturated carbocycles. The lowest BCUT2D eigenvalue weighted by Gasteiger charge is -2.07. The van der Waals surface area contributed by atoms with Crippen LogP contribution in [0.25, 0.3) is 21.3 Å². The Morgan fingerprint density at radius 2 is 1.76 bits per heavy atom. The number of rotatable bonds is 4. The first-order chi connectivity index (χ1) is 12.2. The molecule has 0 aliphatic rings. The lowest BCUT2D eigenvalue weighted by atomic mass is 10.0. The van der Waals surface area contributed by atoms with Crippen LogP contribution in [0, 0.1) is 12.7 Å². The number of thioether (sulfide) groups is 1. The number of hydrogen-bond acceptors (Lipinski definition) is 4. The van der Waals surface area contributed by atoms with Gasteiger partial charge in [-0.25, -0.2) is 14.4 Å². The summed E-state index contributed by atoms with van der Waals surface area (Å²) in [4.78, 5) is 11.1. The molecule has 2 nitrogen and oxygen atoms in total. The van der Waals surface area contributed by atoms with Crippen molar-refractivity contribution in [3.8, 4) is 11.1 Å². The zero-order valence-electron chi connectivity index (χ0n) is 13.6. The van der Waals surface area contributed by atoms with Gasteiger partial charge in [-0.3, -0.25) is 0 Å². The first-order valence-electron chi connectivity index (χ1n) is 7.90. The van der Waals surface area contributed by atoms with Gasteiger partial charge in [0, 0.05) is 16.2 Å². The van der Waals surface area contributed by atoms with Crippen molar-refractivity contribution in [2.24, 2.45) is 0 Å². The fourth-order valence-corrected chi connectivity index (χ4v) is 4.91. The van der Waals surface area contributed by atoms with E-state index in [1.807, 2.05) is 30.3 Å². The minimum absolute atomic E-state index is 0.176. The van der Waals surface area contributed by atoms with Gasteiger partial charge < -0.3 is 0 Å². The molecular weight excluding hydrogens is 351 g/mol. The van der Waals surface area contributed by atoms with E-state index >= 15 is 0 Å². The summed E-state index contributed by atoms with van der Waals surface area (Å²) in [5.74, 6) is 0.368. The van der Waals surface area contributed by atoms with Gasteiger partial charge in [0.15, 0.2) is 0 Å². The van der Waals surface area contributed by atoms with Gasteiger partial charge in [0.05, 0.1) is 5.39 Å². The zero-order chi connectivity index (χ0) is 17.2. The van der Waals surface area contributed by atoms with E-state index in [-0.39, 0.29) is 5.82 Å². The van der Waals surface area contributed by atoms with Gasteiger partial charge in [0.2, 0.25) is 0 Å². The molecule has 0 saturated heterocycles. The van der Waals surface area contributed by atoms with Crippen LogP contribution in [0.15, 0.2) is 66.0 Å². The van der Waals surface area contributed by atoms with Crippen LogP contribution < -0.4 is 0 Å². The van der Waals surface area contributed by atoms with Crippen LogP contribution in [0.1, 0.15) is 10.4 Å². The Morgan fingerprint density at radius 3 is 2.56 bits per heavy atom. The molecular formula is C20H15FN2S2. The van der Waals surface area contributed by atoms with Crippen molar-refractivity contribution in [3.05, 3.63) is 77.2 Å². The van der Waals surface area contributed by atoms with Crippen LogP contribution in [0.2, 0.25) is 0 Å². The molecule has 2 aromatic heterocycles. The highest BCUT2D eigenvalue weighted by molar-refractivity contribution is 7.98. The minimum atomic E-state index is -0.176. The molecule has 2 aromatic carbocycles. The normalized spacial score (nSPS) is 11.1. The van der Waals surface area contributed by atoms with E-state index in [0.29, 0.717) is 11.3 Å². The molecule has 25 heavy (non-hydrogen) atoms. The van der Waals surface area contributed by atoms with Gasteiger partial charge in [-0.15, -0.1) is 23.1 Å². The van der Waals surface area contributed by atoms with Crippen molar-refractivity contribution < 1.29 is 4.39 Å². The van der Waals surface area contributed by atoms with Crippen molar-refractivity contribution in [1.82, 2.24) is 9.97 Å². The number of halogens is 1. The Morgan fingerprint density at radius 1 is 1.00 bits per heavy atom. The van der Waals surface area contributed by atoms with Crippen LogP contribution >= 0.6 is 23.1 Å². The van der Waals surface area contributed by atoms with Gasteiger partial charge in [-0.2, -0.15) is 0 Å². The van der Waals surface area contributed by atoms with Crippen LogP contribution in [-0.4, -0.2) is 9.97 Å². The molecule has 0 bridgehead atoms. The van der Waals surface area contributed by atoms with Gasteiger partial charge in [0.1, 0.15) is 22.0 Å². The average molecular weight is 366 g/mol. The predicted octanol–water partition coefficient (Wildman–Crippen LogP) is 6.10. The molecule has 2 heterocycles. The first-order valence-corrected chi connectivity index (χ1v) is 9.70. The fraction of sp³-hybridized carbons (Fsp3) is 0.100. The van der Waals surface area contributed by atoms with E-state index in [4.69, 9.17) is 0 Å². The van der Waals surface area contributed by atoms with Crippen molar-refractivity contribution in [2.45, 2.75) is 17.7 Å². The maximum Gasteiger partial charge on any atom is 0.128 e. The fourth-order valence-electron chi connectivity index (χ4n) is 2.84. The molecule has 0 aliphatic heterocycles. The highest BCUT2D eigenvalue weighted by atomic mass is 32.2. The summed E-state index contributed by atoms with van der Waals surface area (Å²) >= 11 is 3.23. The Labute approximate surface area is 153 Å². The second-order valence-electron chi connectivity index (χ2n) is 5.64. The summed E-state index contributed by atoms with van der Waals surface area (Å²) in [5.41, 5.74) is 3.03. The lowest BCUT2D eigenvalue weighted by molar-refractivity contribution is 0.617. The maximum absolute atomic E-state index is 13.9. The first kappa shape index (κ1) is 16.2. The van der Waals surface area contributed by atoms with Crippen LogP contribution in [0.4, 0.5) is 4.39 Å². The molecule has 0 fully saturated rings. The summed E-state index contributed by atoms with van der Waals surface area (Å²) < 4.78 is 13.9. The van der Waals surface area contributed by atoms with Crippen LogP contribution in [-0.2, 0) is 5.75 Å². The van der Waals surface area contributed by atoms with Crippen molar-refractivity contribution in [3.63, 3.8) is 0 Å². The summed E-state index contributed by atoms with van der Waals surface area (Å²) in [6, 6.07) is 17.2. The average Bonchev–Trinajstić information content (AvgIpc) is 2.98. The van der Waals surface area contributed by atoms with Crippen molar-refractivity contribution in [2.75, 3.05) is 0 Å². The van der Waals surface area contributed by atoms with Gasteiger partial charge in [0.25, 0.3) is 0 Å². The number of aromatic nitrogens is 2. The topological polar surface area (TPSA) is 25.8 Å². The van der Waals surface area contributed by atoms with E-state index < -0.39 is 0 Å². The quantitative estimate of drug-likeness (QED) is 0.322. The Balaban J connectivity index is 1.78. The van der Waals surface area contributed by atoms with Crippen LogP contribution in [0.5, 0.6) is 0 Å². The predicted molar refractivity (Wildman–Crippen MR) is 104 cm³/mol. The second kappa shape index (κ2) is 6.94. The minimum Gasteiger partial charge on any atom is -0.229 e. The number of hydrogen-bond donors (Lipinski definition) is 0. The van der Waals surface area contributed by atoms with E-state index in [2.05, 4.69) is 29.0 Å². The van der Waals surface area contributed by atoms with Gasteiger partial charge >= 0.3 is 0 Å². The Kier molecular flexibility index (Phi) is 4.51. The monoisotopic (exact) mass is 366 g/mol. The van der Waals surface area contributed by atoms with E-state index in [0.717, 1.165) is 20.8 Å². The van der Waals surface area contributed by atoms with Crippen molar-refractivity contribution in [1.29, 1.82) is 0 Å². The van der Waals surface area contributed by atoms with E-state index in [9.17, 15) is 4.39 Å². The van der Waals surface area contributed by atoms with E-state index in [1.165, 1.54) is 16.5 Å². The highest BCUT2D eigenvalue weighted by Gasteiger charge is 2.17. The Hall–Kier alpha value is -2.24. The van der Waals surface area contributed by atoms with Crippen molar-refractivity contribution >= 4 is 33.3 Å². The molecule has 0 spiro atoms. The summed E-state index contributed by atoms with van der Waals surface area (Å²) in [7, 11) is 0. The summed E-state index contributed by atoms with van der Waals surface area (Å²) in [6.45, 7) is 2.11. The lowest BCUT2D eigenvalue weighted by Crippen LogP contribution is -1.90. The largest absolute Gasteiger partial charge is 0.229 e. The third kappa shape index (κ3) is 3.17. The van der Waals surface area contributed by atoms with E-state index in [1.54, 1.807) is 35.5 Å². The van der Waals surface area contributed by atoms with Gasteiger partial charge in [-0.05, 0) is 24.1 Å². The maximum atomic E-state index is 13.9. The highest BCUT2D eigenvalue weighted by Crippen LogP contribution is 2.41. The molecule has 4 rings (SSSR count). The molecule has 124 valence electrons. The number of benzene rings is 2. The number of fused-ring (bicyclic) bond motifs is 1. The molecule has 0 atom stereocenters. The van der Waals surface area contributed by atoms with Crippen LogP contribution in [0.3, 0.4) is 0 Å². The number of thiophene rings is 1. The molecule has 0 radical (unpaired) electrons. The Bertz CT molecular complexity index is 1030. The summed E-state index contributed by atoms with van der Waals surface area (Å²) in [5, 5.41) is 1.97. The van der Waals surface area contributed by atoms with Gasteiger partial charge in [-0.1, -0.05) is 48.5 Å². The third-order valence-electron chi connectivity index (χ3n) is 4.01. The second-order valence-corrected chi connectivity index (χ2v) is 7.81. The number of aryl methyl sites for hydroxylation is 1.